The summed E-state index contributed by atoms with van der Waals surface area (Å²) in [6.45, 7) is 0. The van der Waals surface area contributed by atoms with Crippen LogP contribution in [0, 0.1) is 0 Å². The molecule has 1 fully saturated rings. The second kappa shape index (κ2) is 5.25. The first kappa shape index (κ1) is 13.1. The van der Waals surface area contributed by atoms with Crippen molar-refractivity contribution in [2.75, 3.05) is 5.32 Å². The molecule has 1 saturated carbocycles. The number of carbonyl (C=O) groups excluding carboxylic acids is 1. The lowest BCUT2D eigenvalue weighted by Gasteiger charge is -2.40. The van der Waals surface area contributed by atoms with E-state index in [0.29, 0.717) is 5.02 Å². The Balaban J connectivity index is 1.85. The SMILES string of the molecule is O=C(Nc1cccnc1)C1(c2ccc(Cl)cc2)CCC1. The van der Waals surface area contributed by atoms with E-state index in [1.807, 2.05) is 36.4 Å². The van der Waals surface area contributed by atoms with Gasteiger partial charge < -0.3 is 5.32 Å². The van der Waals surface area contributed by atoms with Gasteiger partial charge in [0.1, 0.15) is 0 Å². The van der Waals surface area contributed by atoms with Crippen molar-refractivity contribution in [2.45, 2.75) is 24.7 Å². The van der Waals surface area contributed by atoms with Crippen LogP contribution in [0.3, 0.4) is 0 Å². The molecule has 0 unspecified atom stereocenters. The van der Waals surface area contributed by atoms with Gasteiger partial charge in [-0.1, -0.05) is 30.2 Å². The van der Waals surface area contributed by atoms with Crippen molar-refractivity contribution in [1.82, 2.24) is 4.98 Å². The van der Waals surface area contributed by atoms with Gasteiger partial charge in [-0.15, -0.1) is 0 Å². The van der Waals surface area contributed by atoms with Crippen molar-refractivity contribution < 1.29 is 4.79 Å². The van der Waals surface area contributed by atoms with Gasteiger partial charge in [0.2, 0.25) is 5.91 Å². The predicted octanol–water partition coefficient (Wildman–Crippen LogP) is 3.80. The highest BCUT2D eigenvalue weighted by molar-refractivity contribution is 6.30. The highest BCUT2D eigenvalue weighted by Crippen LogP contribution is 2.44. The third-order valence-electron chi connectivity index (χ3n) is 3.96. The highest BCUT2D eigenvalue weighted by Gasteiger charge is 2.45. The van der Waals surface area contributed by atoms with Crippen molar-refractivity contribution in [3.8, 4) is 0 Å². The third-order valence-corrected chi connectivity index (χ3v) is 4.21. The van der Waals surface area contributed by atoms with Crippen molar-refractivity contribution in [3.05, 3.63) is 59.4 Å². The summed E-state index contributed by atoms with van der Waals surface area (Å²) >= 11 is 5.92. The van der Waals surface area contributed by atoms with Crippen LogP contribution < -0.4 is 5.32 Å². The fourth-order valence-electron chi connectivity index (χ4n) is 2.63. The van der Waals surface area contributed by atoms with Gasteiger partial charge in [-0.25, -0.2) is 0 Å². The summed E-state index contributed by atoms with van der Waals surface area (Å²) in [6.07, 6.45) is 6.17. The molecule has 1 aliphatic rings. The van der Waals surface area contributed by atoms with E-state index in [0.717, 1.165) is 30.5 Å². The smallest absolute Gasteiger partial charge is 0.235 e. The molecule has 0 atom stereocenters. The van der Waals surface area contributed by atoms with E-state index >= 15 is 0 Å². The number of carbonyl (C=O) groups is 1. The van der Waals surface area contributed by atoms with Gasteiger partial charge in [-0.05, 0) is 42.7 Å². The summed E-state index contributed by atoms with van der Waals surface area (Å²) in [5.41, 5.74) is 1.35. The summed E-state index contributed by atoms with van der Waals surface area (Å²) in [4.78, 5) is 16.6. The van der Waals surface area contributed by atoms with E-state index in [9.17, 15) is 4.79 Å². The molecule has 1 heterocycles. The number of amides is 1. The molecular formula is C16H15ClN2O. The van der Waals surface area contributed by atoms with E-state index in [-0.39, 0.29) is 5.91 Å². The van der Waals surface area contributed by atoms with Crippen LogP contribution in [0.5, 0.6) is 0 Å². The van der Waals surface area contributed by atoms with Gasteiger partial charge in [-0.2, -0.15) is 0 Å². The first-order chi connectivity index (χ1) is 9.71. The molecular weight excluding hydrogens is 272 g/mol. The highest BCUT2D eigenvalue weighted by atomic mass is 35.5. The molecule has 0 aliphatic heterocycles. The zero-order valence-corrected chi connectivity index (χ0v) is 11.7. The summed E-state index contributed by atoms with van der Waals surface area (Å²) in [5.74, 6) is 0.0408. The first-order valence-corrected chi connectivity index (χ1v) is 7.06. The number of pyridine rings is 1. The fourth-order valence-corrected chi connectivity index (χ4v) is 2.76. The summed E-state index contributed by atoms with van der Waals surface area (Å²) < 4.78 is 0. The van der Waals surface area contributed by atoms with Gasteiger partial charge in [-0.3, -0.25) is 9.78 Å². The molecule has 4 heteroatoms. The van der Waals surface area contributed by atoms with Gasteiger partial charge >= 0.3 is 0 Å². The summed E-state index contributed by atoms with van der Waals surface area (Å²) in [7, 11) is 0. The number of nitrogens with one attached hydrogen (secondary N) is 1. The van der Waals surface area contributed by atoms with Crippen molar-refractivity contribution in [1.29, 1.82) is 0 Å². The van der Waals surface area contributed by atoms with E-state index in [2.05, 4.69) is 10.3 Å². The molecule has 1 aliphatic carbocycles. The number of hydrogen-bond acceptors (Lipinski definition) is 2. The minimum absolute atomic E-state index is 0.0408. The standard InChI is InChI=1S/C16H15ClN2O/c17-13-6-4-12(5-7-13)16(8-2-9-16)15(20)19-14-3-1-10-18-11-14/h1,3-7,10-11H,2,8-9H2,(H,19,20). The zero-order valence-electron chi connectivity index (χ0n) is 11.0. The Bertz CT molecular complexity index is 606. The molecule has 0 bridgehead atoms. The average molecular weight is 287 g/mol. The molecule has 1 N–H and O–H groups in total. The second-order valence-electron chi connectivity index (χ2n) is 5.14. The van der Waals surface area contributed by atoms with Crippen molar-refractivity contribution >= 4 is 23.2 Å². The number of anilines is 1. The molecule has 3 rings (SSSR count). The van der Waals surface area contributed by atoms with Crippen LogP contribution in [0.25, 0.3) is 0 Å². The zero-order chi connectivity index (χ0) is 14.0. The lowest BCUT2D eigenvalue weighted by atomic mass is 9.64. The van der Waals surface area contributed by atoms with Crippen LogP contribution in [0.2, 0.25) is 5.02 Å². The molecule has 3 nitrogen and oxygen atoms in total. The van der Waals surface area contributed by atoms with Gasteiger partial charge in [0, 0.05) is 11.2 Å². The Labute approximate surface area is 123 Å². The average Bonchev–Trinajstić information content (AvgIpc) is 2.41. The number of rotatable bonds is 3. The molecule has 1 aromatic carbocycles. The number of benzene rings is 1. The molecule has 102 valence electrons. The Morgan fingerprint density at radius 3 is 2.50 bits per heavy atom. The predicted molar refractivity (Wildman–Crippen MR) is 79.8 cm³/mol. The largest absolute Gasteiger partial charge is 0.324 e. The van der Waals surface area contributed by atoms with Gasteiger partial charge in [0.05, 0.1) is 17.3 Å². The maximum atomic E-state index is 12.6. The number of aromatic nitrogens is 1. The Hall–Kier alpha value is -1.87. The quantitative estimate of drug-likeness (QED) is 0.932. The lowest BCUT2D eigenvalue weighted by Crippen LogP contribution is -2.46. The molecule has 0 radical (unpaired) electrons. The van der Waals surface area contributed by atoms with E-state index in [4.69, 9.17) is 11.6 Å². The Kier molecular flexibility index (Phi) is 3.45. The topological polar surface area (TPSA) is 42.0 Å². The molecule has 20 heavy (non-hydrogen) atoms. The van der Waals surface area contributed by atoms with Crippen LogP contribution in [-0.2, 0) is 10.2 Å². The van der Waals surface area contributed by atoms with Gasteiger partial charge in [0.15, 0.2) is 0 Å². The molecule has 1 amide bonds. The van der Waals surface area contributed by atoms with E-state index in [1.165, 1.54) is 0 Å². The summed E-state index contributed by atoms with van der Waals surface area (Å²) in [5, 5.41) is 3.65. The Morgan fingerprint density at radius 2 is 1.95 bits per heavy atom. The van der Waals surface area contributed by atoms with Crippen molar-refractivity contribution in [3.63, 3.8) is 0 Å². The maximum absolute atomic E-state index is 12.6. The van der Waals surface area contributed by atoms with Crippen LogP contribution in [0.1, 0.15) is 24.8 Å². The van der Waals surface area contributed by atoms with Gasteiger partial charge in [0.25, 0.3) is 0 Å². The normalized spacial score (nSPS) is 16.2. The first-order valence-electron chi connectivity index (χ1n) is 6.68. The van der Waals surface area contributed by atoms with E-state index in [1.54, 1.807) is 12.4 Å². The van der Waals surface area contributed by atoms with Crippen molar-refractivity contribution in [2.24, 2.45) is 0 Å². The summed E-state index contributed by atoms with van der Waals surface area (Å²) in [6, 6.07) is 11.2. The molecule has 0 saturated heterocycles. The molecule has 2 aromatic rings. The van der Waals surface area contributed by atoms with Crippen LogP contribution in [-0.4, -0.2) is 10.9 Å². The Morgan fingerprint density at radius 1 is 1.20 bits per heavy atom. The molecule has 1 aromatic heterocycles. The minimum atomic E-state index is -0.416. The van der Waals surface area contributed by atoms with Crippen LogP contribution >= 0.6 is 11.6 Å². The molecule has 0 spiro atoms. The van der Waals surface area contributed by atoms with Crippen LogP contribution in [0.15, 0.2) is 48.8 Å². The monoisotopic (exact) mass is 286 g/mol. The number of nitrogens with zero attached hydrogens (tertiary/aromatic N) is 1. The maximum Gasteiger partial charge on any atom is 0.235 e. The van der Waals surface area contributed by atoms with Crippen LogP contribution in [0.4, 0.5) is 5.69 Å². The van der Waals surface area contributed by atoms with E-state index < -0.39 is 5.41 Å². The minimum Gasteiger partial charge on any atom is -0.324 e. The fraction of sp³-hybridized carbons (Fsp3) is 0.250. The lowest BCUT2D eigenvalue weighted by molar-refractivity contribution is -0.124. The second-order valence-corrected chi connectivity index (χ2v) is 5.57. The third kappa shape index (κ3) is 2.29. The number of hydrogen-bond donors (Lipinski definition) is 1. The number of halogens is 1.